The molecule has 5 heteroatoms. The molecule has 1 aromatic heterocycles. The quantitative estimate of drug-likeness (QED) is 0.765. The lowest BCUT2D eigenvalue weighted by atomic mass is 10.2. The van der Waals surface area contributed by atoms with Gasteiger partial charge in [0, 0.05) is 18.2 Å². The van der Waals surface area contributed by atoms with E-state index in [1.54, 1.807) is 6.07 Å². The highest BCUT2D eigenvalue weighted by Crippen LogP contribution is 2.18. The van der Waals surface area contributed by atoms with Crippen LogP contribution in [0.1, 0.15) is 12.8 Å². The summed E-state index contributed by atoms with van der Waals surface area (Å²) < 4.78 is 0. The molecule has 0 saturated carbocycles. The maximum atomic E-state index is 5.85. The summed E-state index contributed by atoms with van der Waals surface area (Å²) >= 11 is 1.88. The number of aromatic nitrogens is 2. The molecule has 20 heavy (non-hydrogen) atoms. The molecule has 1 aromatic carbocycles. The van der Waals surface area contributed by atoms with Crippen molar-refractivity contribution < 1.29 is 0 Å². The first-order valence-corrected chi connectivity index (χ1v) is 8.12. The van der Waals surface area contributed by atoms with Crippen molar-refractivity contribution in [3.63, 3.8) is 0 Å². The Hall–Kier alpha value is -1.75. The topological polar surface area (TPSA) is 63.8 Å². The highest BCUT2D eigenvalue weighted by Gasteiger charge is 2.04. The summed E-state index contributed by atoms with van der Waals surface area (Å²) in [5.74, 6) is 3.14. The van der Waals surface area contributed by atoms with Gasteiger partial charge in [0.05, 0.1) is 0 Å². The third-order valence-corrected chi connectivity index (χ3v) is 3.56. The van der Waals surface area contributed by atoms with Crippen molar-refractivity contribution in [3.8, 4) is 11.4 Å². The normalized spacial score (nSPS) is 10.4. The minimum atomic E-state index is 0.491. The van der Waals surface area contributed by atoms with E-state index in [9.17, 15) is 0 Å². The SMILES string of the molecule is CSCCCCNc1cc(N)nc(-c2ccccc2)n1. The predicted octanol–water partition coefficient (Wildman–Crippen LogP) is 3.28. The number of hydrogen-bond acceptors (Lipinski definition) is 5. The van der Waals surface area contributed by atoms with Gasteiger partial charge in [0.2, 0.25) is 0 Å². The van der Waals surface area contributed by atoms with Gasteiger partial charge in [-0.05, 0) is 24.9 Å². The van der Waals surface area contributed by atoms with Gasteiger partial charge in [0.1, 0.15) is 11.6 Å². The van der Waals surface area contributed by atoms with Gasteiger partial charge >= 0.3 is 0 Å². The second-order valence-electron chi connectivity index (χ2n) is 4.49. The second-order valence-corrected chi connectivity index (χ2v) is 5.48. The van der Waals surface area contributed by atoms with E-state index >= 15 is 0 Å². The van der Waals surface area contributed by atoms with E-state index in [2.05, 4.69) is 21.5 Å². The van der Waals surface area contributed by atoms with Gasteiger partial charge < -0.3 is 11.1 Å². The largest absolute Gasteiger partial charge is 0.384 e. The van der Waals surface area contributed by atoms with Crippen LogP contribution < -0.4 is 11.1 Å². The van der Waals surface area contributed by atoms with Crippen LogP contribution in [0.25, 0.3) is 11.4 Å². The lowest BCUT2D eigenvalue weighted by Gasteiger charge is -2.08. The lowest BCUT2D eigenvalue weighted by Crippen LogP contribution is -2.06. The van der Waals surface area contributed by atoms with Gasteiger partial charge in [-0.2, -0.15) is 11.8 Å². The van der Waals surface area contributed by atoms with Gasteiger partial charge in [0.15, 0.2) is 5.82 Å². The van der Waals surface area contributed by atoms with Crippen LogP contribution in [0.5, 0.6) is 0 Å². The number of anilines is 2. The Morgan fingerprint density at radius 2 is 1.95 bits per heavy atom. The summed E-state index contributed by atoms with van der Waals surface area (Å²) in [5, 5.41) is 3.31. The molecule has 2 rings (SSSR count). The highest BCUT2D eigenvalue weighted by atomic mass is 32.2. The van der Waals surface area contributed by atoms with Crippen LogP contribution in [0, 0.1) is 0 Å². The van der Waals surface area contributed by atoms with Crippen molar-refractivity contribution in [1.82, 2.24) is 9.97 Å². The molecular formula is C15H20N4S. The van der Waals surface area contributed by atoms with Crippen LogP contribution in [0.15, 0.2) is 36.4 Å². The Morgan fingerprint density at radius 3 is 2.70 bits per heavy atom. The van der Waals surface area contributed by atoms with Gasteiger partial charge in [-0.25, -0.2) is 9.97 Å². The van der Waals surface area contributed by atoms with E-state index < -0.39 is 0 Å². The molecule has 0 saturated heterocycles. The average Bonchev–Trinajstić information content (AvgIpc) is 2.47. The van der Waals surface area contributed by atoms with E-state index in [1.165, 1.54) is 12.2 Å². The van der Waals surface area contributed by atoms with Gasteiger partial charge in [-0.1, -0.05) is 30.3 Å². The first-order chi connectivity index (χ1) is 9.79. The Morgan fingerprint density at radius 1 is 1.15 bits per heavy atom. The van der Waals surface area contributed by atoms with Gasteiger partial charge in [0.25, 0.3) is 0 Å². The molecule has 0 radical (unpaired) electrons. The van der Waals surface area contributed by atoms with Crippen LogP contribution in [0.3, 0.4) is 0 Å². The lowest BCUT2D eigenvalue weighted by molar-refractivity contribution is 0.839. The molecule has 0 atom stereocenters. The zero-order chi connectivity index (χ0) is 14.2. The average molecular weight is 288 g/mol. The van der Waals surface area contributed by atoms with Crippen molar-refractivity contribution in [1.29, 1.82) is 0 Å². The standard InChI is InChI=1S/C15H20N4S/c1-20-10-6-5-9-17-14-11-13(16)18-15(19-14)12-7-3-2-4-8-12/h2-4,7-8,11H,5-6,9-10H2,1H3,(H3,16,17,18,19). The minimum Gasteiger partial charge on any atom is -0.384 e. The molecule has 0 aliphatic carbocycles. The van der Waals surface area contributed by atoms with Crippen LogP contribution in [0.2, 0.25) is 0 Å². The van der Waals surface area contributed by atoms with Crippen LogP contribution >= 0.6 is 11.8 Å². The maximum Gasteiger partial charge on any atom is 0.163 e. The summed E-state index contributed by atoms with van der Waals surface area (Å²) in [6.45, 7) is 0.908. The molecule has 0 fully saturated rings. The van der Waals surface area contributed by atoms with Crippen molar-refractivity contribution in [2.24, 2.45) is 0 Å². The minimum absolute atomic E-state index is 0.491. The number of nitrogen functional groups attached to an aromatic ring is 1. The number of hydrogen-bond donors (Lipinski definition) is 2. The number of nitrogens with two attached hydrogens (primary N) is 1. The molecule has 3 N–H and O–H groups in total. The Bertz CT molecular complexity index is 531. The number of benzene rings is 1. The third kappa shape index (κ3) is 4.42. The van der Waals surface area contributed by atoms with E-state index in [1.807, 2.05) is 42.1 Å². The van der Waals surface area contributed by atoms with Crippen molar-refractivity contribution in [3.05, 3.63) is 36.4 Å². The van der Waals surface area contributed by atoms with Gasteiger partial charge in [-0.15, -0.1) is 0 Å². The smallest absolute Gasteiger partial charge is 0.163 e. The zero-order valence-electron chi connectivity index (χ0n) is 11.7. The maximum absolute atomic E-state index is 5.85. The van der Waals surface area contributed by atoms with E-state index in [-0.39, 0.29) is 0 Å². The first-order valence-electron chi connectivity index (χ1n) is 6.72. The molecular weight excluding hydrogens is 268 g/mol. The molecule has 0 aliphatic rings. The zero-order valence-corrected chi connectivity index (χ0v) is 12.5. The molecule has 0 aliphatic heterocycles. The van der Waals surface area contributed by atoms with Crippen LogP contribution in [-0.2, 0) is 0 Å². The molecule has 2 aromatic rings. The second kappa shape index (κ2) is 7.75. The highest BCUT2D eigenvalue weighted by molar-refractivity contribution is 7.98. The molecule has 0 spiro atoms. The van der Waals surface area contributed by atoms with E-state index in [0.717, 1.165) is 24.3 Å². The van der Waals surface area contributed by atoms with E-state index in [4.69, 9.17) is 5.73 Å². The molecule has 0 amide bonds. The summed E-state index contributed by atoms with van der Waals surface area (Å²) in [4.78, 5) is 8.80. The molecule has 1 heterocycles. The summed E-state index contributed by atoms with van der Waals surface area (Å²) in [6, 6.07) is 11.7. The number of nitrogens with zero attached hydrogens (tertiary/aromatic N) is 2. The summed E-state index contributed by atoms with van der Waals surface area (Å²) in [6.07, 6.45) is 4.47. The Balaban J connectivity index is 2.02. The van der Waals surface area contributed by atoms with Crippen molar-refractivity contribution in [2.45, 2.75) is 12.8 Å². The van der Waals surface area contributed by atoms with Crippen LogP contribution in [0.4, 0.5) is 11.6 Å². The van der Waals surface area contributed by atoms with Crippen molar-refractivity contribution in [2.75, 3.05) is 29.6 Å². The molecule has 4 nitrogen and oxygen atoms in total. The van der Waals surface area contributed by atoms with Gasteiger partial charge in [-0.3, -0.25) is 0 Å². The van der Waals surface area contributed by atoms with Crippen LogP contribution in [-0.4, -0.2) is 28.5 Å². The fourth-order valence-electron chi connectivity index (χ4n) is 1.86. The summed E-state index contributed by atoms with van der Waals surface area (Å²) in [5.41, 5.74) is 6.83. The fourth-order valence-corrected chi connectivity index (χ4v) is 2.35. The third-order valence-electron chi connectivity index (χ3n) is 2.86. The Kier molecular flexibility index (Phi) is 5.68. The number of nitrogens with one attached hydrogen (secondary N) is 1. The number of thioether (sulfide) groups is 1. The first kappa shape index (κ1) is 14.7. The fraction of sp³-hybridized carbons (Fsp3) is 0.333. The number of unbranched alkanes of at least 4 members (excludes halogenated alkanes) is 1. The molecule has 0 unspecified atom stereocenters. The Labute approximate surface area is 124 Å². The molecule has 106 valence electrons. The van der Waals surface area contributed by atoms with Crippen molar-refractivity contribution >= 4 is 23.4 Å². The monoisotopic (exact) mass is 288 g/mol. The predicted molar refractivity (Wildman–Crippen MR) is 88.0 cm³/mol. The number of rotatable bonds is 7. The van der Waals surface area contributed by atoms with E-state index in [0.29, 0.717) is 11.6 Å². The molecule has 0 bridgehead atoms. The summed E-state index contributed by atoms with van der Waals surface area (Å²) in [7, 11) is 0.